The number of allylic oxidation sites excluding steroid dienone is 1. The van der Waals surface area contributed by atoms with E-state index in [0.717, 1.165) is 11.3 Å². The van der Waals surface area contributed by atoms with E-state index in [0.29, 0.717) is 6.42 Å². The van der Waals surface area contributed by atoms with E-state index in [2.05, 4.69) is 5.32 Å². The number of amides is 1. The van der Waals surface area contributed by atoms with Gasteiger partial charge in [-0.15, -0.1) is 0 Å². The van der Waals surface area contributed by atoms with Crippen LogP contribution >= 0.6 is 0 Å². The van der Waals surface area contributed by atoms with Crippen LogP contribution in [0.2, 0.25) is 0 Å². The van der Waals surface area contributed by atoms with E-state index in [1.807, 2.05) is 36.4 Å². The average Bonchev–Trinajstić information content (AvgIpc) is 2.60. The van der Waals surface area contributed by atoms with Gasteiger partial charge in [0.2, 0.25) is 5.91 Å². The van der Waals surface area contributed by atoms with Gasteiger partial charge in [-0.3, -0.25) is 4.79 Å². The van der Waals surface area contributed by atoms with Gasteiger partial charge >= 0.3 is 0 Å². The summed E-state index contributed by atoms with van der Waals surface area (Å²) in [4.78, 5) is 11.3. The second kappa shape index (κ2) is 4.28. The zero-order chi connectivity index (χ0) is 10.7. The van der Waals surface area contributed by atoms with E-state index in [4.69, 9.17) is 5.11 Å². The fourth-order valence-corrected chi connectivity index (χ4v) is 1.66. The Kier molecular flexibility index (Phi) is 2.83. The molecule has 1 saturated heterocycles. The molecule has 1 fully saturated rings. The summed E-state index contributed by atoms with van der Waals surface area (Å²) in [5.41, 5.74) is 1.94. The molecule has 0 saturated carbocycles. The monoisotopic (exact) mass is 203 g/mol. The number of hydrogen-bond acceptors (Lipinski definition) is 2. The van der Waals surface area contributed by atoms with Gasteiger partial charge in [-0.25, -0.2) is 0 Å². The highest BCUT2D eigenvalue weighted by Gasteiger charge is 2.26. The number of hydrogen-bond donors (Lipinski definition) is 2. The number of carbonyl (C=O) groups is 1. The minimum Gasteiger partial charge on any atom is -0.396 e. The van der Waals surface area contributed by atoms with Gasteiger partial charge in [-0.1, -0.05) is 30.3 Å². The van der Waals surface area contributed by atoms with Crippen molar-refractivity contribution < 1.29 is 9.90 Å². The molecule has 3 heteroatoms. The van der Waals surface area contributed by atoms with Crippen LogP contribution in [-0.4, -0.2) is 17.6 Å². The average molecular weight is 203 g/mol. The Labute approximate surface area is 88.4 Å². The van der Waals surface area contributed by atoms with Crippen LogP contribution in [0.3, 0.4) is 0 Å². The maximum Gasteiger partial charge on any atom is 0.229 e. The molecule has 1 heterocycles. The van der Waals surface area contributed by atoms with Crippen molar-refractivity contribution in [1.82, 2.24) is 5.32 Å². The van der Waals surface area contributed by atoms with Crippen LogP contribution < -0.4 is 5.32 Å². The largest absolute Gasteiger partial charge is 0.396 e. The lowest BCUT2D eigenvalue weighted by atomic mass is 10.1. The van der Waals surface area contributed by atoms with Crippen molar-refractivity contribution in [2.24, 2.45) is 5.92 Å². The maximum atomic E-state index is 11.3. The van der Waals surface area contributed by atoms with Crippen LogP contribution in [0.1, 0.15) is 12.0 Å². The maximum absolute atomic E-state index is 11.3. The number of nitrogens with one attached hydrogen (secondary N) is 1. The topological polar surface area (TPSA) is 49.3 Å². The highest BCUT2D eigenvalue weighted by atomic mass is 16.3. The summed E-state index contributed by atoms with van der Waals surface area (Å²) in [6, 6.07) is 9.81. The summed E-state index contributed by atoms with van der Waals surface area (Å²) in [5, 5.41) is 11.7. The van der Waals surface area contributed by atoms with Gasteiger partial charge in [-0.05, 0) is 11.6 Å². The van der Waals surface area contributed by atoms with Gasteiger partial charge in [0.15, 0.2) is 0 Å². The molecule has 0 bridgehead atoms. The second-order valence-electron chi connectivity index (χ2n) is 3.65. The van der Waals surface area contributed by atoms with Crippen LogP contribution in [0, 0.1) is 5.92 Å². The van der Waals surface area contributed by atoms with Crippen LogP contribution in [-0.2, 0) is 4.79 Å². The third-order valence-electron chi connectivity index (χ3n) is 2.48. The van der Waals surface area contributed by atoms with Crippen LogP contribution in [0.25, 0.3) is 6.08 Å². The Morgan fingerprint density at radius 2 is 2.13 bits per heavy atom. The fraction of sp³-hybridized carbons (Fsp3) is 0.250. The molecule has 1 unspecified atom stereocenters. The van der Waals surface area contributed by atoms with E-state index in [1.54, 1.807) is 0 Å². The lowest BCUT2D eigenvalue weighted by Crippen LogP contribution is -2.20. The molecule has 0 spiro atoms. The minimum atomic E-state index is -0.278. The van der Waals surface area contributed by atoms with E-state index in [9.17, 15) is 4.79 Å². The quantitative estimate of drug-likeness (QED) is 0.757. The first kappa shape index (κ1) is 9.93. The molecule has 78 valence electrons. The molecule has 1 aromatic rings. The Hall–Kier alpha value is -1.61. The molecule has 1 aromatic carbocycles. The molecule has 1 atom stereocenters. The number of aliphatic hydroxyl groups excluding tert-OH is 1. The highest BCUT2D eigenvalue weighted by molar-refractivity contribution is 5.85. The van der Waals surface area contributed by atoms with E-state index < -0.39 is 0 Å². The molecule has 3 nitrogen and oxygen atoms in total. The van der Waals surface area contributed by atoms with Crippen molar-refractivity contribution in [3.8, 4) is 0 Å². The minimum absolute atomic E-state index is 0.0836. The van der Waals surface area contributed by atoms with Gasteiger partial charge < -0.3 is 10.4 Å². The lowest BCUT2D eigenvalue weighted by molar-refractivity contribution is -0.123. The van der Waals surface area contributed by atoms with E-state index in [-0.39, 0.29) is 18.4 Å². The number of aliphatic hydroxyl groups is 1. The van der Waals surface area contributed by atoms with Gasteiger partial charge in [-0.2, -0.15) is 0 Å². The van der Waals surface area contributed by atoms with Gasteiger partial charge in [0.1, 0.15) is 0 Å². The second-order valence-corrected chi connectivity index (χ2v) is 3.65. The SMILES string of the molecule is O=C1N/C(=C/c2ccccc2)CC1CO. The first-order chi connectivity index (χ1) is 7.29. The third kappa shape index (κ3) is 2.25. The third-order valence-corrected chi connectivity index (χ3v) is 2.48. The van der Waals surface area contributed by atoms with E-state index in [1.165, 1.54) is 0 Å². The van der Waals surface area contributed by atoms with Crippen molar-refractivity contribution >= 4 is 12.0 Å². The zero-order valence-corrected chi connectivity index (χ0v) is 8.31. The molecule has 2 N–H and O–H groups in total. The summed E-state index contributed by atoms with van der Waals surface area (Å²) in [7, 11) is 0. The molecule has 0 aliphatic carbocycles. The van der Waals surface area contributed by atoms with Crippen molar-refractivity contribution in [1.29, 1.82) is 0 Å². The summed E-state index contributed by atoms with van der Waals surface area (Å²) < 4.78 is 0. The highest BCUT2D eigenvalue weighted by Crippen LogP contribution is 2.19. The van der Waals surface area contributed by atoms with Crippen LogP contribution in [0.5, 0.6) is 0 Å². The molecule has 0 radical (unpaired) electrons. The van der Waals surface area contributed by atoms with Gasteiger partial charge in [0.05, 0.1) is 12.5 Å². The van der Waals surface area contributed by atoms with Crippen molar-refractivity contribution in [2.75, 3.05) is 6.61 Å². The predicted molar refractivity (Wildman–Crippen MR) is 57.8 cm³/mol. The van der Waals surface area contributed by atoms with Crippen molar-refractivity contribution in [3.63, 3.8) is 0 Å². The molecule has 1 aliphatic rings. The number of carbonyl (C=O) groups excluding carboxylic acids is 1. The fourth-order valence-electron chi connectivity index (χ4n) is 1.66. The predicted octanol–water partition coefficient (Wildman–Crippen LogP) is 1.16. The molecular formula is C12H13NO2. The molecule has 0 aromatic heterocycles. The van der Waals surface area contributed by atoms with Gasteiger partial charge in [0, 0.05) is 12.1 Å². The molecule has 15 heavy (non-hydrogen) atoms. The Balaban J connectivity index is 2.14. The van der Waals surface area contributed by atoms with E-state index >= 15 is 0 Å². The number of rotatable bonds is 2. The van der Waals surface area contributed by atoms with Crippen molar-refractivity contribution in [3.05, 3.63) is 41.6 Å². The first-order valence-electron chi connectivity index (χ1n) is 4.97. The molecular weight excluding hydrogens is 190 g/mol. The normalized spacial score (nSPS) is 23.1. The Morgan fingerprint density at radius 1 is 1.40 bits per heavy atom. The van der Waals surface area contributed by atoms with Crippen LogP contribution in [0.4, 0.5) is 0 Å². The number of benzene rings is 1. The first-order valence-corrected chi connectivity index (χ1v) is 4.97. The summed E-state index contributed by atoms with van der Waals surface area (Å²) in [5.74, 6) is -0.361. The van der Waals surface area contributed by atoms with Gasteiger partial charge in [0.25, 0.3) is 0 Å². The van der Waals surface area contributed by atoms with Crippen molar-refractivity contribution in [2.45, 2.75) is 6.42 Å². The molecule has 1 amide bonds. The smallest absolute Gasteiger partial charge is 0.229 e. The standard InChI is InChI=1S/C12H13NO2/c14-8-10-7-11(13-12(10)15)6-9-4-2-1-3-5-9/h1-6,10,14H,7-8H2,(H,13,15)/b11-6+. The zero-order valence-electron chi connectivity index (χ0n) is 8.31. The summed E-state index contributed by atoms with van der Waals surface area (Å²) >= 11 is 0. The summed E-state index contributed by atoms with van der Waals surface area (Å²) in [6.07, 6.45) is 2.54. The molecule has 2 rings (SSSR count). The lowest BCUT2D eigenvalue weighted by Gasteiger charge is -1.97. The Bertz CT molecular complexity index is 384. The molecule has 1 aliphatic heterocycles. The van der Waals surface area contributed by atoms with Crippen LogP contribution in [0.15, 0.2) is 36.0 Å². The Morgan fingerprint density at radius 3 is 2.73 bits per heavy atom. The summed E-state index contributed by atoms with van der Waals surface area (Å²) in [6.45, 7) is -0.0854.